The summed E-state index contributed by atoms with van der Waals surface area (Å²) in [7, 11) is 0. The van der Waals surface area contributed by atoms with Gasteiger partial charge in [-0.1, -0.05) is 44.5 Å². The Labute approximate surface area is 170 Å². The van der Waals surface area contributed by atoms with Gasteiger partial charge in [0.25, 0.3) is 0 Å². The summed E-state index contributed by atoms with van der Waals surface area (Å²) < 4.78 is 5.29. The van der Waals surface area contributed by atoms with Crippen molar-refractivity contribution in [2.24, 2.45) is 5.92 Å². The summed E-state index contributed by atoms with van der Waals surface area (Å²) in [5.74, 6) is -1.32. The van der Waals surface area contributed by atoms with Crippen LogP contribution in [0.1, 0.15) is 49.0 Å². The van der Waals surface area contributed by atoms with Gasteiger partial charge in [0.1, 0.15) is 0 Å². The number of hydrogen-bond acceptors (Lipinski definition) is 4. The van der Waals surface area contributed by atoms with Crippen molar-refractivity contribution in [2.45, 2.75) is 33.1 Å². The molecule has 2 rings (SSSR count). The molecule has 2 aromatic carbocycles. The number of benzene rings is 2. The minimum absolute atomic E-state index is 0.00485. The van der Waals surface area contributed by atoms with Crippen LogP contribution < -0.4 is 5.32 Å². The molecule has 0 aliphatic carbocycles. The summed E-state index contributed by atoms with van der Waals surface area (Å²) in [5.41, 5.74) is 1.82. The van der Waals surface area contributed by atoms with Gasteiger partial charge in [0.05, 0.1) is 5.92 Å². The molecule has 0 saturated carbocycles. The number of ketones is 1. The summed E-state index contributed by atoms with van der Waals surface area (Å²) >= 11 is 5.91. The smallest absolute Gasteiger partial charge is 0.314 e. The molecule has 28 heavy (non-hydrogen) atoms. The Hall–Kier alpha value is -2.66. The number of ether oxygens (including phenoxy) is 1. The monoisotopic (exact) mass is 401 g/mol. The van der Waals surface area contributed by atoms with Crippen molar-refractivity contribution in [3.63, 3.8) is 0 Å². The maximum absolute atomic E-state index is 12.6. The maximum atomic E-state index is 12.6. The standard InChI is InChI=1S/C22H24ClNO4/c1-4-20(26)24-18-11-7-15(8-12-18)19(25)13-28-22(27)21(14(2)3)16-5-9-17(23)10-6-16/h5-12,14,21H,4,13H2,1-3H3,(H,24,26)/t21-/m0/s1. The first-order valence-electron chi connectivity index (χ1n) is 9.17. The Balaban J connectivity index is 1.99. The number of nitrogens with one attached hydrogen (secondary N) is 1. The maximum Gasteiger partial charge on any atom is 0.314 e. The second kappa shape index (κ2) is 10.0. The average molecular weight is 402 g/mol. The Morgan fingerprint density at radius 2 is 1.61 bits per heavy atom. The predicted octanol–water partition coefficient (Wildman–Crippen LogP) is 4.85. The summed E-state index contributed by atoms with van der Waals surface area (Å²) in [6.45, 7) is 5.27. The summed E-state index contributed by atoms with van der Waals surface area (Å²) in [6.07, 6.45) is 0.376. The quantitative estimate of drug-likeness (QED) is 0.506. The van der Waals surface area contributed by atoms with Crippen LogP contribution in [0.2, 0.25) is 5.02 Å². The van der Waals surface area contributed by atoms with E-state index in [1.807, 2.05) is 13.8 Å². The van der Waals surface area contributed by atoms with Crippen LogP contribution >= 0.6 is 11.6 Å². The number of carbonyl (C=O) groups is 3. The van der Waals surface area contributed by atoms with Crippen LogP contribution in [0.5, 0.6) is 0 Å². The first kappa shape index (κ1) is 21.6. The lowest BCUT2D eigenvalue weighted by molar-refractivity contribution is -0.145. The largest absolute Gasteiger partial charge is 0.457 e. The zero-order valence-corrected chi connectivity index (χ0v) is 17.0. The first-order valence-corrected chi connectivity index (χ1v) is 9.54. The Morgan fingerprint density at radius 1 is 1.00 bits per heavy atom. The van der Waals surface area contributed by atoms with Crippen LogP contribution in [0.3, 0.4) is 0 Å². The molecule has 1 N–H and O–H groups in total. The molecule has 0 aliphatic rings. The van der Waals surface area contributed by atoms with Crippen LogP contribution in [-0.4, -0.2) is 24.3 Å². The SMILES string of the molecule is CCC(=O)Nc1ccc(C(=O)COC(=O)[C@H](c2ccc(Cl)cc2)C(C)C)cc1. The van der Waals surface area contributed by atoms with E-state index in [0.29, 0.717) is 22.7 Å². The van der Waals surface area contributed by atoms with Crippen LogP contribution in [0.25, 0.3) is 0 Å². The van der Waals surface area contributed by atoms with E-state index in [9.17, 15) is 14.4 Å². The molecular weight excluding hydrogens is 378 g/mol. The third-order valence-corrected chi connectivity index (χ3v) is 4.56. The molecule has 1 atom stereocenters. The first-order chi connectivity index (χ1) is 13.3. The van der Waals surface area contributed by atoms with E-state index < -0.39 is 11.9 Å². The Morgan fingerprint density at radius 3 is 2.14 bits per heavy atom. The fourth-order valence-corrected chi connectivity index (χ4v) is 2.89. The van der Waals surface area contributed by atoms with Gasteiger partial charge in [-0.15, -0.1) is 0 Å². The zero-order valence-electron chi connectivity index (χ0n) is 16.2. The molecule has 0 aromatic heterocycles. The highest BCUT2D eigenvalue weighted by atomic mass is 35.5. The second-order valence-electron chi connectivity index (χ2n) is 6.78. The molecule has 5 nitrogen and oxygen atoms in total. The molecule has 0 fully saturated rings. The molecule has 148 valence electrons. The van der Waals surface area contributed by atoms with E-state index in [0.717, 1.165) is 5.56 Å². The molecule has 1 amide bonds. The third kappa shape index (κ3) is 5.92. The lowest BCUT2D eigenvalue weighted by Gasteiger charge is -2.19. The van der Waals surface area contributed by atoms with Crippen molar-refractivity contribution in [1.82, 2.24) is 0 Å². The fraction of sp³-hybridized carbons (Fsp3) is 0.318. The van der Waals surface area contributed by atoms with Crippen molar-refractivity contribution in [3.05, 3.63) is 64.7 Å². The lowest BCUT2D eigenvalue weighted by atomic mass is 9.88. The van der Waals surface area contributed by atoms with Crippen molar-refractivity contribution in [3.8, 4) is 0 Å². The van der Waals surface area contributed by atoms with Gasteiger partial charge < -0.3 is 10.1 Å². The normalized spacial score (nSPS) is 11.8. The molecule has 2 aromatic rings. The van der Waals surface area contributed by atoms with Gasteiger partial charge in [0, 0.05) is 22.7 Å². The van der Waals surface area contributed by atoms with E-state index in [1.165, 1.54) is 0 Å². The van der Waals surface area contributed by atoms with Gasteiger partial charge in [0.2, 0.25) is 5.91 Å². The molecule has 0 aliphatic heterocycles. The average Bonchev–Trinajstić information content (AvgIpc) is 2.68. The number of esters is 1. The predicted molar refractivity (Wildman–Crippen MR) is 110 cm³/mol. The molecule has 0 heterocycles. The van der Waals surface area contributed by atoms with E-state index in [1.54, 1.807) is 55.5 Å². The molecule has 6 heteroatoms. The van der Waals surface area contributed by atoms with Crippen molar-refractivity contribution >= 4 is 34.9 Å². The topological polar surface area (TPSA) is 72.5 Å². The van der Waals surface area contributed by atoms with Gasteiger partial charge in [-0.3, -0.25) is 14.4 Å². The fourth-order valence-electron chi connectivity index (χ4n) is 2.76. The molecule has 0 spiro atoms. The Bertz CT molecular complexity index is 829. The Kier molecular flexibility index (Phi) is 7.76. The highest BCUT2D eigenvalue weighted by Crippen LogP contribution is 2.27. The number of carbonyl (C=O) groups excluding carboxylic acids is 3. The molecule has 0 radical (unpaired) electrons. The van der Waals surface area contributed by atoms with Gasteiger partial charge in [0.15, 0.2) is 12.4 Å². The van der Waals surface area contributed by atoms with Gasteiger partial charge in [-0.25, -0.2) is 0 Å². The van der Waals surface area contributed by atoms with Crippen LogP contribution in [0, 0.1) is 5.92 Å². The minimum Gasteiger partial charge on any atom is -0.457 e. The van der Waals surface area contributed by atoms with E-state index in [4.69, 9.17) is 16.3 Å². The van der Waals surface area contributed by atoms with E-state index >= 15 is 0 Å². The highest BCUT2D eigenvalue weighted by molar-refractivity contribution is 6.30. The summed E-state index contributed by atoms with van der Waals surface area (Å²) in [4.78, 5) is 36.3. The molecule has 0 unspecified atom stereocenters. The van der Waals surface area contributed by atoms with Crippen molar-refractivity contribution < 1.29 is 19.1 Å². The summed E-state index contributed by atoms with van der Waals surface area (Å²) in [5, 5.41) is 3.30. The van der Waals surface area contributed by atoms with Crippen molar-refractivity contribution in [1.29, 1.82) is 0 Å². The third-order valence-electron chi connectivity index (χ3n) is 4.31. The van der Waals surface area contributed by atoms with Crippen molar-refractivity contribution in [2.75, 3.05) is 11.9 Å². The minimum atomic E-state index is -0.475. The molecule has 0 saturated heterocycles. The number of halogens is 1. The number of Topliss-reactive ketones (excluding diaryl/α,β-unsaturated/α-hetero) is 1. The number of hydrogen-bond donors (Lipinski definition) is 1. The van der Waals surface area contributed by atoms with Gasteiger partial charge >= 0.3 is 5.97 Å². The second-order valence-corrected chi connectivity index (χ2v) is 7.22. The zero-order chi connectivity index (χ0) is 20.7. The van der Waals surface area contributed by atoms with E-state index in [2.05, 4.69) is 5.32 Å². The number of anilines is 1. The number of amides is 1. The van der Waals surface area contributed by atoms with Crippen LogP contribution in [-0.2, 0) is 14.3 Å². The van der Waals surface area contributed by atoms with Crippen LogP contribution in [0.15, 0.2) is 48.5 Å². The van der Waals surface area contributed by atoms with E-state index in [-0.39, 0.29) is 24.2 Å². The lowest BCUT2D eigenvalue weighted by Crippen LogP contribution is -2.23. The highest BCUT2D eigenvalue weighted by Gasteiger charge is 2.26. The number of rotatable bonds is 8. The molecule has 0 bridgehead atoms. The van der Waals surface area contributed by atoms with Gasteiger partial charge in [-0.2, -0.15) is 0 Å². The van der Waals surface area contributed by atoms with Gasteiger partial charge in [-0.05, 0) is 47.9 Å². The molecular formula is C22H24ClNO4. The van der Waals surface area contributed by atoms with Crippen LogP contribution in [0.4, 0.5) is 5.69 Å². The summed E-state index contributed by atoms with van der Waals surface area (Å²) in [6, 6.07) is 13.5.